The molecular formula is C25H26N2. The maximum absolute atomic E-state index is 4.69. The normalized spacial score (nSPS) is 11.4. The highest BCUT2D eigenvalue weighted by molar-refractivity contribution is 5.87. The third-order valence-corrected chi connectivity index (χ3v) is 5.51. The second-order valence-electron chi connectivity index (χ2n) is 7.25. The Hall–Kier alpha value is -2.87. The molecule has 1 heterocycles. The summed E-state index contributed by atoms with van der Waals surface area (Å²) < 4.78 is 2.04. The van der Waals surface area contributed by atoms with E-state index in [9.17, 15) is 0 Å². The summed E-state index contributed by atoms with van der Waals surface area (Å²) in [6.07, 6.45) is 4.35. The van der Waals surface area contributed by atoms with Crippen molar-refractivity contribution in [1.82, 2.24) is 9.78 Å². The largest absolute Gasteiger partial charge is 0.240 e. The van der Waals surface area contributed by atoms with E-state index in [1.54, 1.807) is 0 Å². The summed E-state index contributed by atoms with van der Waals surface area (Å²) in [6, 6.07) is 24.1. The predicted octanol–water partition coefficient (Wildman–Crippen LogP) is 6.90. The first-order valence-corrected chi connectivity index (χ1v) is 9.85. The molecule has 3 aromatic carbocycles. The minimum atomic E-state index is 0.551. The van der Waals surface area contributed by atoms with E-state index in [0.717, 1.165) is 18.5 Å². The van der Waals surface area contributed by atoms with E-state index in [1.165, 1.54) is 33.2 Å². The lowest BCUT2D eigenvalue weighted by Crippen LogP contribution is -2.05. The molecule has 4 aromatic rings. The van der Waals surface area contributed by atoms with Crippen LogP contribution in [-0.4, -0.2) is 9.78 Å². The molecule has 0 fully saturated rings. The van der Waals surface area contributed by atoms with Crippen LogP contribution in [0.3, 0.4) is 0 Å². The molecule has 0 radical (unpaired) electrons. The average Bonchev–Trinajstić information content (AvgIpc) is 3.15. The zero-order valence-corrected chi connectivity index (χ0v) is 16.3. The van der Waals surface area contributed by atoms with Crippen LogP contribution in [-0.2, 0) is 0 Å². The van der Waals surface area contributed by atoms with Gasteiger partial charge in [-0.25, -0.2) is 4.68 Å². The van der Waals surface area contributed by atoms with Gasteiger partial charge in [-0.3, -0.25) is 0 Å². The minimum Gasteiger partial charge on any atom is -0.240 e. The Morgan fingerprint density at radius 2 is 1.52 bits per heavy atom. The molecule has 0 aliphatic rings. The second kappa shape index (κ2) is 7.40. The minimum absolute atomic E-state index is 0.551. The molecule has 0 aliphatic heterocycles. The maximum atomic E-state index is 4.69. The van der Waals surface area contributed by atoms with Crippen LogP contribution in [0.1, 0.15) is 43.9 Å². The van der Waals surface area contributed by atoms with Gasteiger partial charge in [0.05, 0.1) is 11.4 Å². The molecule has 136 valence electrons. The number of aromatic nitrogens is 2. The monoisotopic (exact) mass is 354 g/mol. The standard InChI is InChI=1S/C25H26N2/c1-4-19(5-2)24-13-12-23(17-25(24)27-15-14-18(3)26-27)22-11-10-20-8-6-7-9-21(20)16-22/h6-17,19H,4-5H2,1-3H3. The number of aryl methyl sites for hydroxylation is 1. The van der Waals surface area contributed by atoms with Gasteiger partial charge < -0.3 is 0 Å². The van der Waals surface area contributed by atoms with Gasteiger partial charge in [-0.1, -0.05) is 62.4 Å². The van der Waals surface area contributed by atoms with Crippen molar-refractivity contribution < 1.29 is 0 Å². The number of hydrogen-bond donors (Lipinski definition) is 0. The van der Waals surface area contributed by atoms with Gasteiger partial charge in [-0.2, -0.15) is 5.10 Å². The fourth-order valence-corrected chi connectivity index (χ4v) is 3.91. The van der Waals surface area contributed by atoms with Gasteiger partial charge in [0.25, 0.3) is 0 Å². The highest BCUT2D eigenvalue weighted by atomic mass is 15.3. The fourth-order valence-electron chi connectivity index (χ4n) is 3.91. The third-order valence-electron chi connectivity index (χ3n) is 5.51. The van der Waals surface area contributed by atoms with E-state index in [4.69, 9.17) is 5.10 Å². The van der Waals surface area contributed by atoms with Crippen molar-refractivity contribution in [3.63, 3.8) is 0 Å². The number of benzene rings is 3. The van der Waals surface area contributed by atoms with Gasteiger partial charge in [0.15, 0.2) is 0 Å². The summed E-state index contributed by atoms with van der Waals surface area (Å²) in [4.78, 5) is 0. The summed E-state index contributed by atoms with van der Waals surface area (Å²) in [5.74, 6) is 0.551. The predicted molar refractivity (Wildman–Crippen MR) is 115 cm³/mol. The van der Waals surface area contributed by atoms with Crippen molar-refractivity contribution in [3.05, 3.63) is 84.2 Å². The first kappa shape index (κ1) is 17.5. The van der Waals surface area contributed by atoms with Crippen molar-refractivity contribution in [1.29, 1.82) is 0 Å². The molecule has 0 N–H and O–H groups in total. The first-order valence-electron chi connectivity index (χ1n) is 9.85. The van der Waals surface area contributed by atoms with E-state index in [2.05, 4.69) is 86.8 Å². The van der Waals surface area contributed by atoms with Crippen molar-refractivity contribution in [2.24, 2.45) is 0 Å². The van der Waals surface area contributed by atoms with Gasteiger partial charge in [-0.15, -0.1) is 0 Å². The maximum Gasteiger partial charge on any atom is 0.0686 e. The molecule has 0 saturated heterocycles. The Labute approximate surface area is 161 Å². The average molecular weight is 354 g/mol. The molecule has 2 nitrogen and oxygen atoms in total. The molecule has 1 aromatic heterocycles. The molecule has 0 bridgehead atoms. The SMILES string of the molecule is CCC(CC)c1ccc(-c2ccc3ccccc3c2)cc1-n1ccc(C)n1. The van der Waals surface area contributed by atoms with E-state index >= 15 is 0 Å². The van der Waals surface area contributed by atoms with Gasteiger partial charge in [0.1, 0.15) is 0 Å². The summed E-state index contributed by atoms with van der Waals surface area (Å²) in [7, 11) is 0. The van der Waals surface area contributed by atoms with Crippen molar-refractivity contribution >= 4 is 10.8 Å². The highest BCUT2D eigenvalue weighted by Crippen LogP contribution is 2.33. The Morgan fingerprint density at radius 3 is 2.22 bits per heavy atom. The van der Waals surface area contributed by atoms with Gasteiger partial charge in [0, 0.05) is 6.20 Å². The summed E-state index contributed by atoms with van der Waals surface area (Å²) in [5.41, 5.74) is 6.10. The lowest BCUT2D eigenvalue weighted by molar-refractivity contribution is 0.634. The number of fused-ring (bicyclic) bond motifs is 1. The topological polar surface area (TPSA) is 17.8 Å². The molecule has 4 rings (SSSR count). The Kier molecular flexibility index (Phi) is 4.81. The molecule has 2 heteroatoms. The van der Waals surface area contributed by atoms with Crippen LogP contribution in [0, 0.1) is 6.92 Å². The summed E-state index contributed by atoms with van der Waals surface area (Å²) in [6.45, 7) is 6.58. The molecule has 0 saturated carbocycles. The van der Waals surface area contributed by atoms with Crippen LogP contribution >= 0.6 is 0 Å². The zero-order chi connectivity index (χ0) is 18.8. The molecular weight excluding hydrogens is 328 g/mol. The summed E-state index contributed by atoms with van der Waals surface area (Å²) >= 11 is 0. The van der Waals surface area contributed by atoms with Crippen LogP contribution in [0.25, 0.3) is 27.6 Å². The lowest BCUT2D eigenvalue weighted by atomic mass is 9.90. The van der Waals surface area contributed by atoms with Crippen molar-refractivity contribution in [2.75, 3.05) is 0 Å². The summed E-state index contributed by atoms with van der Waals surface area (Å²) in [5, 5.41) is 7.24. The Morgan fingerprint density at radius 1 is 0.815 bits per heavy atom. The number of nitrogens with zero attached hydrogens (tertiary/aromatic N) is 2. The molecule has 27 heavy (non-hydrogen) atoms. The van der Waals surface area contributed by atoms with Gasteiger partial charge in [-0.05, 0) is 71.3 Å². The van der Waals surface area contributed by atoms with E-state index in [0.29, 0.717) is 5.92 Å². The van der Waals surface area contributed by atoms with Crippen LogP contribution in [0.15, 0.2) is 72.9 Å². The third kappa shape index (κ3) is 3.40. The van der Waals surface area contributed by atoms with E-state index in [1.807, 2.05) is 11.6 Å². The Balaban J connectivity index is 1.86. The molecule has 0 unspecified atom stereocenters. The zero-order valence-electron chi connectivity index (χ0n) is 16.3. The molecule has 0 aliphatic carbocycles. The van der Waals surface area contributed by atoms with Crippen LogP contribution in [0.5, 0.6) is 0 Å². The smallest absolute Gasteiger partial charge is 0.0686 e. The highest BCUT2D eigenvalue weighted by Gasteiger charge is 2.15. The first-order chi connectivity index (χ1) is 13.2. The molecule has 0 amide bonds. The number of rotatable bonds is 5. The molecule has 0 atom stereocenters. The fraction of sp³-hybridized carbons (Fsp3) is 0.240. The van der Waals surface area contributed by atoms with Gasteiger partial charge >= 0.3 is 0 Å². The van der Waals surface area contributed by atoms with Gasteiger partial charge in [0.2, 0.25) is 0 Å². The lowest BCUT2D eigenvalue weighted by Gasteiger charge is -2.19. The van der Waals surface area contributed by atoms with E-state index < -0.39 is 0 Å². The number of hydrogen-bond acceptors (Lipinski definition) is 1. The van der Waals surface area contributed by atoms with Crippen LogP contribution in [0.2, 0.25) is 0 Å². The van der Waals surface area contributed by atoms with Crippen molar-refractivity contribution in [3.8, 4) is 16.8 Å². The Bertz CT molecular complexity index is 1070. The van der Waals surface area contributed by atoms with Crippen LogP contribution in [0.4, 0.5) is 0 Å². The second-order valence-corrected chi connectivity index (χ2v) is 7.25. The van der Waals surface area contributed by atoms with Crippen LogP contribution < -0.4 is 0 Å². The quantitative estimate of drug-likeness (QED) is 0.381. The molecule has 0 spiro atoms. The van der Waals surface area contributed by atoms with Crippen molar-refractivity contribution in [2.45, 2.75) is 39.5 Å². The van der Waals surface area contributed by atoms with E-state index in [-0.39, 0.29) is 0 Å².